The fourth-order valence-electron chi connectivity index (χ4n) is 1.97. The molecule has 1 N–H and O–H groups in total. The van der Waals surface area contributed by atoms with Crippen LogP contribution in [0.1, 0.15) is 21.9 Å². The van der Waals surface area contributed by atoms with Gasteiger partial charge in [0.05, 0.1) is 5.56 Å². The normalized spacial score (nSPS) is 11.0. The second-order valence-electron chi connectivity index (χ2n) is 4.13. The van der Waals surface area contributed by atoms with Crippen LogP contribution < -0.4 is 0 Å². The summed E-state index contributed by atoms with van der Waals surface area (Å²) in [5.74, 6) is 0.314. The SMILES string of the molecule is Cc1ccc(C(=O)c2c[nH]c3ccc(F)cc23)o1. The van der Waals surface area contributed by atoms with Crippen LogP contribution in [0.5, 0.6) is 0 Å². The van der Waals surface area contributed by atoms with Crippen LogP contribution in [0, 0.1) is 12.7 Å². The molecule has 0 saturated heterocycles. The van der Waals surface area contributed by atoms with Crippen molar-refractivity contribution < 1.29 is 13.6 Å². The van der Waals surface area contributed by atoms with Gasteiger partial charge >= 0.3 is 0 Å². The molecule has 0 aliphatic carbocycles. The molecule has 90 valence electrons. The zero-order valence-electron chi connectivity index (χ0n) is 9.66. The lowest BCUT2D eigenvalue weighted by Crippen LogP contribution is -1.98. The van der Waals surface area contributed by atoms with Crippen LogP contribution >= 0.6 is 0 Å². The first-order valence-corrected chi connectivity index (χ1v) is 5.53. The molecular formula is C14H10FNO2. The van der Waals surface area contributed by atoms with Gasteiger partial charge in [-0.15, -0.1) is 0 Å². The lowest BCUT2D eigenvalue weighted by atomic mass is 10.1. The average molecular weight is 243 g/mol. The van der Waals surface area contributed by atoms with E-state index in [2.05, 4.69) is 4.98 Å². The fourth-order valence-corrected chi connectivity index (χ4v) is 1.97. The van der Waals surface area contributed by atoms with Crippen molar-refractivity contribution in [3.8, 4) is 0 Å². The topological polar surface area (TPSA) is 46.0 Å². The molecule has 3 rings (SSSR count). The number of aromatic nitrogens is 1. The Balaban J connectivity index is 2.14. The van der Waals surface area contributed by atoms with Crippen LogP contribution in [-0.2, 0) is 0 Å². The van der Waals surface area contributed by atoms with Gasteiger partial charge in [-0.2, -0.15) is 0 Å². The van der Waals surface area contributed by atoms with Crippen molar-refractivity contribution in [1.82, 2.24) is 4.98 Å². The van der Waals surface area contributed by atoms with E-state index in [1.54, 1.807) is 31.3 Å². The monoisotopic (exact) mass is 243 g/mol. The van der Waals surface area contributed by atoms with E-state index in [1.165, 1.54) is 12.1 Å². The van der Waals surface area contributed by atoms with Gasteiger partial charge < -0.3 is 9.40 Å². The number of H-pyrrole nitrogens is 1. The molecule has 0 radical (unpaired) electrons. The van der Waals surface area contributed by atoms with E-state index < -0.39 is 0 Å². The third kappa shape index (κ3) is 1.62. The number of nitrogens with one attached hydrogen (secondary N) is 1. The molecule has 0 amide bonds. The number of rotatable bonds is 2. The second-order valence-corrected chi connectivity index (χ2v) is 4.13. The van der Waals surface area contributed by atoms with Crippen molar-refractivity contribution in [2.24, 2.45) is 0 Å². The minimum Gasteiger partial charge on any atom is -0.458 e. The van der Waals surface area contributed by atoms with Crippen molar-refractivity contribution in [3.63, 3.8) is 0 Å². The van der Waals surface area contributed by atoms with Crippen LogP contribution in [0.3, 0.4) is 0 Å². The van der Waals surface area contributed by atoms with E-state index in [0.717, 1.165) is 5.52 Å². The van der Waals surface area contributed by atoms with Crippen LogP contribution in [0.15, 0.2) is 40.9 Å². The summed E-state index contributed by atoms with van der Waals surface area (Å²) in [4.78, 5) is 15.2. The predicted octanol–water partition coefficient (Wildman–Crippen LogP) is 3.44. The lowest BCUT2D eigenvalue weighted by Gasteiger charge is -1.96. The number of halogens is 1. The van der Waals surface area contributed by atoms with Gasteiger partial charge in [0.15, 0.2) is 5.76 Å². The average Bonchev–Trinajstić information content (AvgIpc) is 2.94. The Bertz CT molecular complexity index is 739. The van der Waals surface area contributed by atoms with Crippen molar-refractivity contribution >= 4 is 16.7 Å². The Hall–Kier alpha value is -2.36. The van der Waals surface area contributed by atoms with Gasteiger partial charge in [-0.1, -0.05) is 0 Å². The molecule has 3 aromatic rings. The summed E-state index contributed by atoms with van der Waals surface area (Å²) >= 11 is 0. The van der Waals surface area contributed by atoms with Gasteiger partial charge in [0, 0.05) is 17.1 Å². The maximum absolute atomic E-state index is 13.2. The van der Waals surface area contributed by atoms with Crippen LogP contribution in [0.4, 0.5) is 4.39 Å². The maximum atomic E-state index is 13.2. The van der Waals surface area contributed by atoms with Crippen molar-refractivity contribution in [1.29, 1.82) is 0 Å². The zero-order valence-corrected chi connectivity index (χ0v) is 9.66. The summed E-state index contributed by atoms with van der Waals surface area (Å²) in [6.07, 6.45) is 1.57. The number of benzene rings is 1. The first-order valence-electron chi connectivity index (χ1n) is 5.53. The van der Waals surface area contributed by atoms with E-state index in [1.807, 2.05) is 0 Å². The molecule has 18 heavy (non-hydrogen) atoms. The van der Waals surface area contributed by atoms with Crippen LogP contribution in [-0.4, -0.2) is 10.8 Å². The number of aryl methyl sites for hydroxylation is 1. The molecule has 0 bridgehead atoms. The third-order valence-electron chi connectivity index (χ3n) is 2.85. The summed E-state index contributed by atoms with van der Waals surface area (Å²) in [5.41, 5.74) is 1.14. The number of carbonyl (C=O) groups is 1. The maximum Gasteiger partial charge on any atom is 0.230 e. The molecule has 0 unspecified atom stereocenters. The van der Waals surface area contributed by atoms with Gasteiger partial charge in [0.2, 0.25) is 5.78 Å². The quantitative estimate of drug-likeness (QED) is 0.701. The number of aromatic amines is 1. The molecule has 4 heteroatoms. The predicted molar refractivity (Wildman–Crippen MR) is 65.1 cm³/mol. The van der Waals surface area contributed by atoms with Gasteiger partial charge in [-0.3, -0.25) is 4.79 Å². The molecule has 0 aliphatic rings. The van der Waals surface area contributed by atoms with Crippen LogP contribution in [0.25, 0.3) is 10.9 Å². The summed E-state index contributed by atoms with van der Waals surface area (Å²) in [7, 11) is 0. The Labute approximate surface area is 102 Å². The number of furan rings is 1. The van der Waals surface area contributed by atoms with Gasteiger partial charge in [0.1, 0.15) is 11.6 Å². The molecule has 0 atom stereocenters. The standard InChI is InChI=1S/C14H10FNO2/c1-8-2-5-13(18-8)14(17)11-7-16-12-4-3-9(15)6-10(11)12/h2-7,16H,1H3. The molecule has 0 spiro atoms. The Morgan fingerprint density at radius 1 is 1.28 bits per heavy atom. The highest BCUT2D eigenvalue weighted by Gasteiger charge is 2.17. The fraction of sp³-hybridized carbons (Fsp3) is 0.0714. The molecule has 2 heterocycles. The molecule has 0 saturated carbocycles. The van der Waals surface area contributed by atoms with Gasteiger partial charge in [0.25, 0.3) is 0 Å². The summed E-state index contributed by atoms with van der Waals surface area (Å²) in [6, 6.07) is 7.65. The number of carbonyl (C=O) groups excluding carboxylic acids is 1. The van der Waals surface area contributed by atoms with Crippen molar-refractivity contribution in [2.75, 3.05) is 0 Å². The van der Waals surface area contributed by atoms with Crippen molar-refractivity contribution in [2.45, 2.75) is 6.92 Å². The Morgan fingerprint density at radius 2 is 2.11 bits per heavy atom. The highest BCUT2D eigenvalue weighted by Crippen LogP contribution is 2.22. The molecule has 3 nitrogen and oxygen atoms in total. The van der Waals surface area contributed by atoms with E-state index in [0.29, 0.717) is 16.7 Å². The second kappa shape index (κ2) is 3.84. The zero-order chi connectivity index (χ0) is 12.7. The first kappa shape index (κ1) is 10.8. The Morgan fingerprint density at radius 3 is 2.83 bits per heavy atom. The minimum atomic E-state index is -0.369. The molecular weight excluding hydrogens is 233 g/mol. The summed E-state index contributed by atoms with van der Waals surface area (Å²) in [6.45, 7) is 1.77. The smallest absolute Gasteiger partial charge is 0.230 e. The third-order valence-corrected chi connectivity index (χ3v) is 2.85. The van der Waals surface area contributed by atoms with E-state index in [9.17, 15) is 9.18 Å². The van der Waals surface area contributed by atoms with E-state index in [-0.39, 0.29) is 17.4 Å². The number of ketones is 1. The van der Waals surface area contributed by atoms with Crippen LogP contribution in [0.2, 0.25) is 0 Å². The molecule has 1 aromatic carbocycles. The summed E-state index contributed by atoms with van der Waals surface area (Å²) in [5, 5.41) is 0.564. The molecule has 2 aromatic heterocycles. The van der Waals surface area contributed by atoms with E-state index in [4.69, 9.17) is 4.42 Å². The first-order chi connectivity index (χ1) is 8.65. The largest absolute Gasteiger partial charge is 0.458 e. The highest BCUT2D eigenvalue weighted by molar-refractivity contribution is 6.15. The lowest BCUT2D eigenvalue weighted by molar-refractivity contribution is 0.101. The highest BCUT2D eigenvalue weighted by atomic mass is 19.1. The van der Waals surface area contributed by atoms with E-state index >= 15 is 0 Å². The number of fused-ring (bicyclic) bond motifs is 1. The van der Waals surface area contributed by atoms with Gasteiger partial charge in [-0.05, 0) is 37.3 Å². The van der Waals surface area contributed by atoms with Gasteiger partial charge in [-0.25, -0.2) is 4.39 Å². The number of hydrogen-bond donors (Lipinski definition) is 1. The molecule has 0 fully saturated rings. The van der Waals surface area contributed by atoms with Crippen molar-refractivity contribution in [3.05, 3.63) is 59.4 Å². The number of hydrogen-bond acceptors (Lipinski definition) is 2. The Kier molecular flexibility index (Phi) is 2.30. The molecule has 0 aliphatic heterocycles. The summed E-state index contributed by atoms with van der Waals surface area (Å²) < 4.78 is 18.5. The minimum absolute atomic E-state index is 0.250.